The van der Waals surface area contributed by atoms with Crippen LogP contribution >= 0.6 is 0 Å². The lowest BCUT2D eigenvalue weighted by Crippen LogP contribution is -2.39. The first-order valence-electron chi connectivity index (χ1n) is 6.20. The molecule has 0 aliphatic carbocycles. The molecule has 4 heteroatoms. The van der Waals surface area contributed by atoms with Gasteiger partial charge in [-0.25, -0.2) is 9.98 Å². The smallest absolute Gasteiger partial charge is 0.210 e. The zero-order valence-corrected chi connectivity index (χ0v) is 12.0. The zero-order chi connectivity index (χ0) is 13.7. The van der Waals surface area contributed by atoms with Gasteiger partial charge in [0.1, 0.15) is 12.1 Å². The van der Waals surface area contributed by atoms with Gasteiger partial charge < -0.3 is 9.47 Å². The van der Waals surface area contributed by atoms with E-state index in [1.165, 1.54) is 0 Å². The predicted molar refractivity (Wildman–Crippen MR) is 73.9 cm³/mol. The largest absolute Gasteiger partial charge is 0.483 e. The van der Waals surface area contributed by atoms with Crippen LogP contribution in [-0.2, 0) is 9.47 Å². The number of ether oxygens (including phenoxy) is 2. The molecule has 1 unspecified atom stereocenters. The van der Waals surface area contributed by atoms with Gasteiger partial charge in [0.15, 0.2) is 0 Å². The van der Waals surface area contributed by atoms with Crippen molar-refractivity contribution in [2.75, 3.05) is 14.2 Å². The monoisotopic (exact) mass is 250 g/mol. The number of hydrogen-bond acceptors (Lipinski definition) is 4. The van der Waals surface area contributed by atoms with Gasteiger partial charge in [0.2, 0.25) is 11.8 Å². The Labute approximate surface area is 109 Å². The Bertz CT molecular complexity index is 402. The fourth-order valence-electron chi connectivity index (χ4n) is 1.95. The number of hydrogen-bond donors (Lipinski definition) is 0. The van der Waals surface area contributed by atoms with E-state index in [-0.39, 0.29) is 18.0 Å². The third-order valence-corrected chi connectivity index (χ3v) is 2.93. The molecule has 0 radical (unpaired) electrons. The van der Waals surface area contributed by atoms with Gasteiger partial charge in [-0.1, -0.05) is 19.8 Å². The maximum absolute atomic E-state index is 5.36. The van der Waals surface area contributed by atoms with Crippen LogP contribution in [0.3, 0.4) is 0 Å². The highest BCUT2D eigenvalue weighted by atomic mass is 16.5. The molecule has 0 fully saturated rings. The molecule has 0 saturated heterocycles. The summed E-state index contributed by atoms with van der Waals surface area (Å²) in [5, 5.41) is 0. The van der Waals surface area contributed by atoms with E-state index < -0.39 is 0 Å². The molecule has 3 atom stereocenters. The number of nitrogens with zero attached hydrogens (tertiary/aromatic N) is 2. The molecule has 4 nitrogen and oxygen atoms in total. The minimum absolute atomic E-state index is 0.0620. The predicted octanol–water partition coefficient (Wildman–Crippen LogP) is 2.14. The lowest BCUT2D eigenvalue weighted by atomic mass is 9.98. The van der Waals surface area contributed by atoms with Crippen LogP contribution in [0.15, 0.2) is 9.98 Å². The van der Waals surface area contributed by atoms with Crippen molar-refractivity contribution in [1.82, 2.24) is 0 Å². The van der Waals surface area contributed by atoms with Crippen LogP contribution < -0.4 is 0 Å². The number of methoxy groups -OCH3 is 2. The van der Waals surface area contributed by atoms with Gasteiger partial charge in [0.05, 0.1) is 14.2 Å². The van der Waals surface area contributed by atoms with E-state index in [1.807, 2.05) is 13.8 Å². The van der Waals surface area contributed by atoms with Crippen molar-refractivity contribution in [2.45, 2.75) is 39.8 Å². The molecule has 0 aromatic heterocycles. The van der Waals surface area contributed by atoms with Crippen LogP contribution in [0.25, 0.3) is 0 Å². The molecule has 1 aliphatic heterocycles. The van der Waals surface area contributed by atoms with E-state index in [9.17, 15) is 0 Å². The first-order chi connectivity index (χ1) is 8.54. The van der Waals surface area contributed by atoms with Gasteiger partial charge in [0.25, 0.3) is 0 Å². The fraction of sp³-hybridized carbons (Fsp3) is 0.714. The maximum Gasteiger partial charge on any atom is 0.210 e. The van der Waals surface area contributed by atoms with Crippen molar-refractivity contribution in [3.63, 3.8) is 0 Å². The van der Waals surface area contributed by atoms with E-state index in [1.54, 1.807) is 14.2 Å². The second-order valence-corrected chi connectivity index (χ2v) is 4.66. The molecule has 0 saturated carbocycles. The number of rotatable bonds is 2. The Morgan fingerprint density at radius 2 is 1.50 bits per heavy atom. The van der Waals surface area contributed by atoms with Crippen molar-refractivity contribution in [2.24, 2.45) is 21.8 Å². The zero-order valence-electron chi connectivity index (χ0n) is 12.0. The van der Waals surface area contributed by atoms with E-state index >= 15 is 0 Å². The first-order valence-corrected chi connectivity index (χ1v) is 6.20. The van der Waals surface area contributed by atoms with Crippen LogP contribution in [-0.4, -0.2) is 38.1 Å². The topological polar surface area (TPSA) is 43.2 Å². The van der Waals surface area contributed by atoms with Crippen molar-refractivity contribution in [3.8, 4) is 11.8 Å². The average molecular weight is 250 g/mol. The Hall–Kier alpha value is -1.50. The first kappa shape index (κ1) is 14.6. The Morgan fingerprint density at radius 3 is 1.94 bits per heavy atom. The van der Waals surface area contributed by atoms with E-state index in [2.05, 4.69) is 35.7 Å². The summed E-state index contributed by atoms with van der Waals surface area (Å²) in [6.07, 6.45) is 0. The average Bonchev–Trinajstić information content (AvgIpc) is 2.37. The lowest BCUT2D eigenvalue weighted by molar-refractivity contribution is 0.326. The second kappa shape index (κ2) is 6.44. The summed E-state index contributed by atoms with van der Waals surface area (Å²) in [6.45, 7) is 8.01. The molecule has 1 rings (SSSR count). The van der Waals surface area contributed by atoms with Crippen molar-refractivity contribution >= 4 is 11.8 Å². The molecular weight excluding hydrogens is 228 g/mol. The van der Waals surface area contributed by atoms with Gasteiger partial charge in [-0.15, -0.1) is 5.92 Å². The minimum Gasteiger partial charge on any atom is -0.483 e. The third-order valence-electron chi connectivity index (χ3n) is 2.93. The van der Waals surface area contributed by atoms with Gasteiger partial charge in [0, 0.05) is 5.92 Å². The van der Waals surface area contributed by atoms with Gasteiger partial charge in [-0.05, 0) is 19.8 Å². The normalized spacial score (nSPS) is 24.6. The minimum atomic E-state index is -0.174. The highest BCUT2D eigenvalue weighted by molar-refractivity contribution is 5.94. The molecule has 18 heavy (non-hydrogen) atoms. The van der Waals surface area contributed by atoms with Crippen LogP contribution in [0.1, 0.15) is 27.7 Å². The lowest BCUT2D eigenvalue weighted by Gasteiger charge is -2.28. The van der Waals surface area contributed by atoms with Gasteiger partial charge in [-0.2, -0.15) is 0 Å². The summed E-state index contributed by atoms with van der Waals surface area (Å²) in [7, 11) is 3.26. The van der Waals surface area contributed by atoms with Crippen LogP contribution in [0.4, 0.5) is 0 Å². The van der Waals surface area contributed by atoms with Crippen molar-refractivity contribution in [3.05, 3.63) is 0 Å². The van der Waals surface area contributed by atoms with E-state index in [0.717, 1.165) is 0 Å². The molecule has 100 valence electrons. The van der Waals surface area contributed by atoms with Crippen LogP contribution in [0.2, 0.25) is 0 Å². The summed E-state index contributed by atoms with van der Waals surface area (Å²) in [5.74, 6) is 7.69. The molecular formula is C14H22N2O2. The molecule has 0 aromatic rings. The van der Waals surface area contributed by atoms with Gasteiger partial charge in [-0.3, -0.25) is 0 Å². The second-order valence-electron chi connectivity index (χ2n) is 4.66. The summed E-state index contributed by atoms with van der Waals surface area (Å²) in [4.78, 5) is 9.22. The van der Waals surface area contributed by atoms with Crippen LogP contribution in [0.5, 0.6) is 0 Å². The van der Waals surface area contributed by atoms with Crippen LogP contribution in [0, 0.1) is 23.7 Å². The van der Waals surface area contributed by atoms with E-state index in [4.69, 9.17) is 9.47 Å². The summed E-state index contributed by atoms with van der Waals surface area (Å²) < 4.78 is 10.7. The Balaban J connectivity index is 3.08. The molecule has 0 N–H and O–H groups in total. The third kappa shape index (κ3) is 3.04. The summed E-state index contributed by atoms with van der Waals surface area (Å²) >= 11 is 0. The highest BCUT2D eigenvalue weighted by Gasteiger charge is 2.33. The van der Waals surface area contributed by atoms with Crippen molar-refractivity contribution < 1.29 is 9.47 Å². The quantitative estimate of drug-likeness (QED) is 0.705. The molecule has 0 bridgehead atoms. The molecule has 0 amide bonds. The van der Waals surface area contributed by atoms with E-state index in [0.29, 0.717) is 17.7 Å². The summed E-state index contributed by atoms with van der Waals surface area (Å²) in [5.41, 5.74) is 0. The molecule has 1 aliphatic rings. The number of aliphatic imine (C=N–C) groups is 2. The Kier molecular flexibility index (Phi) is 5.21. The highest BCUT2D eigenvalue weighted by Crippen LogP contribution is 2.21. The molecule has 1 heterocycles. The van der Waals surface area contributed by atoms with Crippen molar-refractivity contribution in [1.29, 1.82) is 0 Å². The Morgan fingerprint density at radius 1 is 1.00 bits per heavy atom. The SMILES string of the molecule is CC#CC(C)[C@H]1N=C(OC)[C@H](C(C)C)N=C1OC. The summed E-state index contributed by atoms with van der Waals surface area (Å²) in [6, 6.07) is -0.240. The molecule has 0 aromatic carbocycles. The van der Waals surface area contributed by atoms with Gasteiger partial charge >= 0.3 is 0 Å². The molecule has 0 spiro atoms. The standard InChI is InChI=1S/C14H22N2O2/c1-7-8-10(4)12-14(18-6)15-11(9(2)3)13(16-12)17-5/h9-12H,1-6H3/t10?,11-,12+/m0/s1. The maximum atomic E-state index is 5.36. The fourth-order valence-corrected chi connectivity index (χ4v) is 1.95.